The monoisotopic (exact) mass is 554 g/mol. The first kappa shape index (κ1) is 28.7. The van der Waals surface area contributed by atoms with E-state index in [9.17, 15) is 26.7 Å². The average molecular weight is 555 g/mol. The van der Waals surface area contributed by atoms with Gasteiger partial charge in [0.25, 0.3) is 5.91 Å². The Bertz CT molecular complexity index is 1200. The van der Waals surface area contributed by atoms with Gasteiger partial charge in [-0.2, -0.15) is 0 Å². The third-order valence-corrected chi connectivity index (χ3v) is 5.97. The van der Waals surface area contributed by atoms with E-state index >= 15 is 0 Å². The van der Waals surface area contributed by atoms with Gasteiger partial charge in [-0.05, 0) is 72.6 Å². The van der Waals surface area contributed by atoms with Crippen molar-refractivity contribution in [3.63, 3.8) is 0 Å². The lowest BCUT2D eigenvalue weighted by Crippen LogP contribution is -2.52. The Balaban J connectivity index is 0.000000579. The maximum Gasteiger partial charge on any atom is 0.573 e. The quantitative estimate of drug-likeness (QED) is 0.456. The van der Waals surface area contributed by atoms with Crippen molar-refractivity contribution < 1.29 is 37.6 Å². The number of anilines is 2. The molecule has 1 aliphatic heterocycles. The molecule has 0 aliphatic carbocycles. The van der Waals surface area contributed by atoms with E-state index in [1.807, 2.05) is 4.90 Å². The zero-order valence-electron chi connectivity index (χ0n) is 20.2. The SMILES string of the molecule is CC(Oc1ccc(OC(F)(F)F)cc1)C(=O)N1CCN(c2ccc(S(=O)[O-])cc2)CC1.Nc1ccncn1.[HH]. The van der Waals surface area contributed by atoms with Gasteiger partial charge in [-0.25, -0.2) is 9.97 Å². The van der Waals surface area contributed by atoms with Crippen molar-refractivity contribution >= 4 is 28.5 Å². The summed E-state index contributed by atoms with van der Waals surface area (Å²) in [5.74, 6) is 0.164. The van der Waals surface area contributed by atoms with Gasteiger partial charge in [-0.3, -0.25) is 9.00 Å². The second-order valence-corrected chi connectivity index (χ2v) is 8.90. The predicted molar refractivity (Wildman–Crippen MR) is 134 cm³/mol. The van der Waals surface area contributed by atoms with Crippen LogP contribution in [-0.4, -0.2) is 68.2 Å². The summed E-state index contributed by atoms with van der Waals surface area (Å²) in [7, 11) is 0. The van der Waals surface area contributed by atoms with Crippen LogP contribution in [0, 0.1) is 0 Å². The summed E-state index contributed by atoms with van der Waals surface area (Å²) in [6, 6.07) is 13.0. The number of nitrogens with two attached hydrogens (primary N) is 1. The third-order valence-electron chi connectivity index (χ3n) is 5.31. The highest BCUT2D eigenvalue weighted by Crippen LogP contribution is 2.25. The number of nitrogen functional groups attached to an aromatic ring is 1. The third kappa shape index (κ3) is 8.88. The number of halogens is 3. The normalized spacial score (nSPS) is 15.1. The Hall–Kier alpha value is -3.91. The average Bonchev–Trinajstić information content (AvgIpc) is 2.89. The van der Waals surface area contributed by atoms with Gasteiger partial charge in [0.2, 0.25) is 0 Å². The van der Waals surface area contributed by atoms with Crippen LogP contribution in [0.25, 0.3) is 0 Å². The van der Waals surface area contributed by atoms with E-state index in [-0.39, 0.29) is 23.7 Å². The molecule has 3 aromatic rings. The van der Waals surface area contributed by atoms with Gasteiger partial charge in [0.05, 0.1) is 0 Å². The second kappa shape index (κ2) is 13.1. The Labute approximate surface area is 221 Å². The maximum atomic E-state index is 12.7. The summed E-state index contributed by atoms with van der Waals surface area (Å²) in [6.45, 7) is 3.64. The number of carbonyl (C=O) groups excluding carboxylic acids is 1. The number of hydrogen-bond donors (Lipinski definition) is 1. The lowest BCUT2D eigenvalue weighted by molar-refractivity contribution is -0.274. The van der Waals surface area contributed by atoms with Gasteiger partial charge in [0, 0.05) is 44.4 Å². The Morgan fingerprint density at radius 1 is 1.05 bits per heavy atom. The molecule has 10 nitrogen and oxygen atoms in total. The zero-order valence-corrected chi connectivity index (χ0v) is 21.0. The fourth-order valence-corrected chi connectivity index (χ4v) is 3.84. The van der Waals surface area contributed by atoms with Gasteiger partial charge in [0.15, 0.2) is 6.10 Å². The lowest BCUT2D eigenvalue weighted by Gasteiger charge is -2.37. The molecule has 0 saturated carbocycles. The molecule has 1 saturated heterocycles. The molecule has 206 valence electrons. The molecule has 2 unspecified atom stereocenters. The van der Waals surface area contributed by atoms with Crippen molar-refractivity contribution in [3.05, 3.63) is 67.1 Å². The highest BCUT2D eigenvalue weighted by atomic mass is 32.2. The number of amides is 1. The molecule has 1 aliphatic rings. The molecule has 2 aromatic carbocycles. The minimum absolute atomic E-state index is 0. The van der Waals surface area contributed by atoms with Crippen LogP contribution in [0.15, 0.2) is 72.0 Å². The first-order chi connectivity index (χ1) is 18.0. The molecule has 0 spiro atoms. The molecule has 2 N–H and O–H groups in total. The zero-order chi connectivity index (χ0) is 27.7. The molecule has 1 aromatic heterocycles. The minimum Gasteiger partial charge on any atom is -0.768 e. The van der Waals surface area contributed by atoms with Crippen LogP contribution >= 0.6 is 0 Å². The van der Waals surface area contributed by atoms with Crippen molar-refractivity contribution in [1.29, 1.82) is 0 Å². The number of benzene rings is 2. The first-order valence-corrected chi connectivity index (χ1v) is 12.4. The van der Waals surface area contributed by atoms with E-state index in [4.69, 9.17) is 10.5 Å². The topological polar surface area (TPSA) is 134 Å². The fourth-order valence-electron chi connectivity index (χ4n) is 3.49. The molecule has 0 bridgehead atoms. The summed E-state index contributed by atoms with van der Waals surface area (Å²) in [6.07, 6.45) is -2.57. The number of carbonyl (C=O) groups is 1. The smallest absolute Gasteiger partial charge is 0.573 e. The van der Waals surface area contributed by atoms with Crippen molar-refractivity contribution in [1.82, 2.24) is 14.9 Å². The van der Waals surface area contributed by atoms with E-state index < -0.39 is 23.5 Å². The standard InChI is InChI=1S/C20H21F3N2O5S.C4H5N3.H2/c1-14(29-16-4-6-17(7-5-16)30-20(21,22)23)19(26)25-12-10-24(11-13-25)15-2-8-18(9-3-15)31(27)28;5-4-1-2-6-3-7-4;/h2-9,14H,10-13H2,1H3,(H,27,28);1-3H,(H2,5,6,7);1H/p-1. The molecule has 2 atom stereocenters. The molecule has 38 heavy (non-hydrogen) atoms. The van der Waals surface area contributed by atoms with Crippen molar-refractivity contribution in [3.8, 4) is 11.5 Å². The number of aromatic nitrogens is 2. The number of ether oxygens (including phenoxy) is 2. The van der Waals surface area contributed by atoms with Crippen LogP contribution in [0.1, 0.15) is 8.35 Å². The fraction of sp³-hybridized carbons (Fsp3) is 0.292. The summed E-state index contributed by atoms with van der Waals surface area (Å²) in [5.41, 5.74) is 6.07. The second-order valence-electron chi connectivity index (χ2n) is 7.95. The number of rotatable bonds is 6. The van der Waals surface area contributed by atoms with Crippen LogP contribution < -0.4 is 20.1 Å². The first-order valence-electron chi connectivity index (χ1n) is 11.3. The summed E-state index contributed by atoms with van der Waals surface area (Å²) >= 11 is -2.27. The molecular weight excluding hydrogens is 527 g/mol. The summed E-state index contributed by atoms with van der Waals surface area (Å²) in [5, 5.41) is 0. The van der Waals surface area contributed by atoms with Gasteiger partial charge < -0.3 is 29.6 Å². The number of piperazine rings is 1. The molecule has 14 heteroatoms. The van der Waals surface area contributed by atoms with Crippen molar-refractivity contribution in [2.45, 2.75) is 24.3 Å². The number of alkyl halides is 3. The van der Waals surface area contributed by atoms with Crippen LogP contribution in [0.4, 0.5) is 24.7 Å². The van der Waals surface area contributed by atoms with E-state index in [1.165, 1.54) is 30.6 Å². The molecule has 1 amide bonds. The van der Waals surface area contributed by atoms with Crippen LogP contribution in [0.5, 0.6) is 11.5 Å². The lowest BCUT2D eigenvalue weighted by atomic mass is 10.2. The van der Waals surface area contributed by atoms with E-state index in [2.05, 4.69) is 14.7 Å². The summed E-state index contributed by atoms with van der Waals surface area (Å²) in [4.78, 5) is 23.9. The van der Waals surface area contributed by atoms with Crippen LogP contribution in [-0.2, 0) is 15.9 Å². The van der Waals surface area contributed by atoms with E-state index in [1.54, 1.807) is 36.2 Å². The predicted octanol–water partition coefficient (Wildman–Crippen LogP) is 3.24. The van der Waals surface area contributed by atoms with Gasteiger partial charge in [-0.15, -0.1) is 13.2 Å². The number of hydrogen-bond acceptors (Lipinski definition) is 9. The number of nitrogens with zero attached hydrogens (tertiary/aromatic N) is 4. The summed E-state index contributed by atoms with van der Waals surface area (Å²) < 4.78 is 67.9. The van der Waals surface area contributed by atoms with Crippen LogP contribution in [0.2, 0.25) is 0 Å². The van der Waals surface area contributed by atoms with Gasteiger partial charge in [0.1, 0.15) is 23.6 Å². The minimum atomic E-state index is -4.77. The largest absolute Gasteiger partial charge is 0.768 e. The Morgan fingerprint density at radius 2 is 1.66 bits per heavy atom. The Kier molecular flexibility index (Phi) is 9.85. The van der Waals surface area contributed by atoms with Crippen molar-refractivity contribution in [2.75, 3.05) is 36.8 Å². The molecule has 1 fully saturated rings. The van der Waals surface area contributed by atoms with Gasteiger partial charge in [-0.1, -0.05) is 0 Å². The molecule has 4 rings (SSSR count). The highest BCUT2D eigenvalue weighted by Gasteiger charge is 2.31. The van der Waals surface area contributed by atoms with Crippen molar-refractivity contribution in [2.24, 2.45) is 0 Å². The van der Waals surface area contributed by atoms with Crippen LogP contribution in [0.3, 0.4) is 0 Å². The van der Waals surface area contributed by atoms with E-state index in [0.29, 0.717) is 32.0 Å². The Morgan fingerprint density at radius 3 is 2.13 bits per heavy atom. The molecule has 0 radical (unpaired) electrons. The molecular formula is C24H27F3N5O5S-. The van der Waals surface area contributed by atoms with E-state index in [0.717, 1.165) is 17.8 Å². The maximum absolute atomic E-state index is 12.7. The van der Waals surface area contributed by atoms with Gasteiger partial charge >= 0.3 is 6.36 Å². The molecule has 2 heterocycles. The highest BCUT2D eigenvalue weighted by molar-refractivity contribution is 7.79.